The summed E-state index contributed by atoms with van der Waals surface area (Å²) in [5, 5.41) is 6.47. The van der Waals surface area contributed by atoms with Gasteiger partial charge in [-0.05, 0) is 39.5 Å². The maximum absolute atomic E-state index is 11.7. The maximum Gasteiger partial charge on any atom is 0.407 e. The van der Waals surface area contributed by atoms with Gasteiger partial charge < -0.3 is 15.4 Å². The number of carbonyl (C=O) groups excluding carboxylic acids is 1. The fraction of sp³-hybridized carbons (Fsp3) is 0.933. The summed E-state index contributed by atoms with van der Waals surface area (Å²) in [5.74, 6) is 0.678. The normalized spacial score (nSPS) is 18.6. The van der Waals surface area contributed by atoms with Gasteiger partial charge in [-0.25, -0.2) is 4.79 Å². The summed E-state index contributed by atoms with van der Waals surface area (Å²) >= 11 is 0. The summed E-state index contributed by atoms with van der Waals surface area (Å²) in [5.41, 5.74) is -0.432. The monoisotopic (exact) mass is 270 g/mol. The van der Waals surface area contributed by atoms with Crippen molar-refractivity contribution in [3.63, 3.8) is 0 Å². The molecule has 112 valence electrons. The van der Waals surface area contributed by atoms with Crippen molar-refractivity contribution >= 4 is 6.09 Å². The molecule has 1 aliphatic rings. The Morgan fingerprint density at radius 2 is 1.84 bits per heavy atom. The van der Waals surface area contributed by atoms with Crippen LogP contribution in [0.2, 0.25) is 0 Å². The van der Waals surface area contributed by atoms with Gasteiger partial charge in [0, 0.05) is 18.6 Å². The summed E-state index contributed by atoms with van der Waals surface area (Å²) < 4.78 is 5.28. The van der Waals surface area contributed by atoms with E-state index < -0.39 is 5.60 Å². The SMILES string of the molecule is CC(C)NC(CNC(=O)OC(C)(C)C)C1CCCC1. The Kier molecular flexibility index (Phi) is 6.11. The molecule has 1 atom stereocenters. The zero-order chi connectivity index (χ0) is 14.5. The lowest BCUT2D eigenvalue weighted by molar-refractivity contribution is 0.0517. The highest BCUT2D eigenvalue weighted by molar-refractivity contribution is 5.67. The predicted molar refractivity (Wildman–Crippen MR) is 78.3 cm³/mol. The Morgan fingerprint density at radius 3 is 2.32 bits per heavy atom. The Morgan fingerprint density at radius 1 is 1.26 bits per heavy atom. The quantitative estimate of drug-likeness (QED) is 0.807. The molecule has 0 heterocycles. The Labute approximate surface area is 117 Å². The fourth-order valence-electron chi connectivity index (χ4n) is 2.66. The van der Waals surface area contributed by atoms with Crippen molar-refractivity contribution in [3.8, 4) is 0 Å². The minimum Gasteiger partial charge on any atom is -0.444 e. The van der Waals surface area contributed by atoms with Gasteiger partial charge in [-0.2, -0.15) is 0 Å². The summed E-state index contributed by atoms with van der Waals surface area (Å²) in [6, 6.07) is 0.793. The van der Waals surface area contributed by atoms with Crippen molar-refractivity contribution in [3.05, 3.63) is 0 Å². The van der Waals surface area contributed by atoms with E-state index in [-0.39, 0.29) is 6.09 Å². The van der Waals surface area contributed by atoms with Gasteiger partial charge in [0.1, 0.15) is 5.60 Å². The molecule has 1 amide bonds. The molecule has 1 rings (SSSR count). The zero-order valence-electron chi connectivity index (χ0n) is 13.1. The summed E-state index contributed by atoms with van der Waals surface area (Å²) in [6.45, 7) is 10.6. The third-order valence-corrected chi connectivity index (χ3v) is 3.38. The van der Waals surface area contributed by atoms with Crippen molar-refractivity contribution in [2.45, 2.75) is 78.0 Å². The topological polar surface area (TPSA) is 50.4 Å². The third-order valence-electron chi connectivity index (χ3n) is 3.38. The van der Waals surface area contributed by atoms with E-state index in [1.807, 2.05) is 20.8 Å². The van der Waals surface area contributed by atoms with E-state index >= 15 is 0 Å². The van der Waals surface area contributed by atoms with Gasteiger partial charge in [-0.3, -0.25) is 0 Å². The molecule has 0 aromatic heterocycles. The van der Waals surface area contributed by atoms with Crippen LogP contribution in [0.4, 0.5) is 4.79 Å². The van der Waals surface area contributed by atoms with Crippen LogP contribution in [0.3, 0.4) is 0 Å². The second-order valence-corrected chi connectivity index (χ2v) is 6.86. The number of ether oxygens (including phenoxy) is 1. The number of hydrogen-bond acceptors (Lipinski definition) is 3. The van der Waals surface area contributed by atoms with E-state index in [1.165, 1.54) is 25.7 Å². The molecule has 4 heteroatoms. The lowest BCUT2D eigenvalue weighted by Gasteiger charge is -2.28. The summed E-state index contributed by atoms with van der Waals surface area (Å²) in [6.07, 6.45) is 4.84. The van der Waals surface area contributed by atoms with Crippen molar-refractivity contribution in [1.82, 2.24) is 10.6 Å². The molecule has 0 aliphatic heterocycles. The molecule has 0 spiro atoms. The van der Waals surface area contributed by atoms with Crippen LogP contribution in [0.25, 0.3) is 0 Å². The summed E-state index contributed by atoms with van der Waals surface area (Å²) in [4.78, 5) is 11.7. The zero-order valence-corrected chi connectivity index (χ0v) is 13.1. The molecular formula is C15H30N2O2. The van der Waals surface area contributed by atoms with E-state index in [1.54, 1.807) is 0 Å². The number of amides is 1. The van der Waals surface area contributed by atoms with Gasteiger partial charge in [0.2, 0.25) is 0 Å². The minimum absolute atomic E-state index is 0.318. The highest BCUT2D eigenvalue weighted by Crippen LogP contribution is 2.27. The van der Waals surface area contributed by atoms with E-state index in [9.17, 15) is 4.79 Å². The van der Waals surface area contributed by atoms with Crippen LogP contribution in [0.1, 0.15) is 60.3 Å². The first-order valence-electron chi connectivity index (χ1n) is 7.51. The first-order valence-corrected chi connectivity index (χ1v) is 7.51. The van der Waals surface area contributed by atoms with E-state index in [0.29, 0.717) is 24.5 Å². The molecular weight excluding hydrogens is 240 g/mol. The number of rotatable bonds is 5. The van der Waals surface area contributed by atoms with Crippen LogP contribution >= 0.6 is 0 Å². The molecule has 1 aliphatic carbocycles. The van der Waals surface area contributed by atoms with Gasteiger partial charge >= 0.3 is 6.09 Å². The van der Waals surface area contributed by atoms with Crippen LogP contribution < -0.4 is 10.6 Å². The van der Waals surface area contributed by atoms with Gasteiger partial charge in [-0.1, -0.05) is 26.7 Å². The first-order chi connectivity index (χ1) is 8.78. The van der Waals surface area contributed by atoms with Crippen molar-refractivity contribution in [2.75, 3.05) is 6.54 Å². The van der Waals surface area contributed by atoms with E-state index in [4.69, 9.17) is 4.74 Å². The Hall–Kier alpha value is -0.770. The standard InChI is InChI=1S/C15H30N2O2/c1-11(2)17-13(12-8-6-7-9-12)10-16-14(18)19-15(3,4)5/h11-13,17H,6-10H2,1-5H3,(H,16,18). The van der Waals surface area contributed by atoms with Gasteiger partial charge in [-0.15, -0.1) is 0 Å². The maximum atomic E-state index is 11.7. The highest BCUT2D eigenvalue weighted by Gasteiger charge is 2.26. The first kappa shape index (κ1) is 16.3. The fourth-order valence-corrected chi connectivity index (χ4v) is 2.66. The second kappa shape index (κ2) is 7.13. The third kappa shape index (κ3) is 6.81. The highest BCUT2D eigenvalue weighted by atomic mass is 16.6. The minimum atomic E-state index is -0.432. The molecule has 0 aromatic rings. The Balaban J connectivity index is 2.41. The molecule has 1 fully saturated rings. The molecule has 0 saturated heterocycles. The average Bonchev–Trinajstić information content (AvgIpc) is 2.74. The van der Waals surface area contributed by atoms with Gasteiger partial charge in [0.05, 0.1) is 0 Å². The molecule has 2 N–H and O–H groups in total. The van der Waals surface area contributed by atoms with Crippen LogP contribution in [-0.2, 0) is 4.74 Å². The van der Waals surface area contributed by atoms with Crippen molar-refractivity contribution in [1.29, 1.82) is 0 Å². The van der Waals surface area contributed by atoms with Crippen molar-refractivity contribution < 1.29 is 9.53 Å². The number of alkyl carbamates (subject to hydrolysis) is 1. The van der Waals surface area contributed by atoms with Gasteiger partial charge in [0.25, 0.3) is 0 Å². The molecule has 4 nitrogen and oxygen atoms in total. The number of hydrogen-bond donors (Lipinski definition) is 2. The molecule has 1 unspecified atom stereocenters. The van der Waals surface area contributed by atoms with E-state index in [0.717, 1.165) is 0 Å². The number of carbonyl (C=O) groups is 1. The molecule has 0 bridgehead atoms. The van der Waals surface area contributed by atoms with Crippen LogP contribution in [0.15, 0.2) is 0 Å². The van der Waals surface area contributed by atoms with Crippen LogP contribution in [-0.4, -0.2) is 30.3 Å². The van der Waals surface area contributed by atoms with Crippen LogP contribution in [0, 0.1) is 5.92 Å². The second-order valence-electron chi connectivity index (χ2n) is 6.86. The Bertz CT molecular complexity index is 278. The smallest absolute Gasteiger partial charge is 0.407 e. The largest absolute Gasteiger partial charge is 0.444 e. The molecule has 0 aromatic carbocycles. The predicted octanol–water partition coefficient (Wildman–Crippen LogP) is 3.07. The summed E-state index contributed by atoms with van der Waals surface area (Å²) in [7, 11) is 0. The van der Waals surface area contributed by atoms with Crippen molar-refractivity contribution in [2.24, 2.45) is 5.92 Å². The molecule has 0 radical (unpaired) electrons. The lowest BCUT2D eigenvalue weighted by Crippen LogP contribution is -2.48. The number of nitrogens with one attached hydrogen (secondary N) is 2. The van der Waals surface area contributed by atoms with Gasteiger partial charge in [0.15, 0.2) is 0 Å². The molecule has 19 heavy (non-hydrogen) atoms. The van der Waals surface area contributed by atoms with E-state index in [2.05, 4.69) is 24.5 Å². The average molecular weight is 270 g/mol. The molecule has 1 saturated carbocycles. The lowest BCUT2D eigenvalue weighted by atomic mass is 9.97. The van der Waals surface area contributed by atoms with Crippen LogP contribution in [0.5, 0.6) is 0 Å².